The summed E-state index contributed by atoms with van der Waals surface area (Å²) < 4.78 is 27.3. The molecule has 2 N–H and O–H groups in total. The second kappa shape index (κ2) is 9.75. The normalized spacial score (nSPS) is 17.9. The van der Waals surface area contributed by atoms with Gasteiger partial charge in [-0.05, 0) is 56.8 Å². The lowest BCUT2D eigenvalue weighted by Gasteiger charge is -2.30. The number of sulfonamides is 1. The Labute approximate surface area is 175 Å². The molecule has 0 radical (unpaired) electrons. The van der Waals surface area contributed by atoms with Gasteiger partial charge in [-0.15, -0.1) is 10.2 Å². The lowest BCUT2D eigenvalue weighted by atomic mass is 10.0. The molecule has 1 aliphatic heterocycles. The Hall–Kier alpha value is -1.88. The number of likely N-dealkylation sites (tertiary alicyclic amines) is 1. The van der Waals surface area contributed by atoms with E-state index in [0.717, 1.165) is 43.0 Å². The Morgan fingerprint density at radius 2 is 2.10 bits per heavy atom. The van der Waals surface area contributed by atoms with Crippen molar-refractivity contribution in [2.45, 2.75) is 37.4 Å². The molecule has 10 heteroatoms. The number of aromatic nitrogens is 2. The van der Waals surface area contributed by atoms with E-state index in [9.17, 15) is 13.2 Å². The zero-order valence-electron chi connectivity index (χ0n) is 16.7. The summed E-state index contributed by atoms with van der Waals surface area (Å²) in [5.41, 5.74) is 1.34. The molecule has 0 bridgehead atoms. The third-order valence-corrected chi connectivity index (χ3v) is 7.60. The van der Waals surface area contributed by atoms with Gasteiger partial charge in [0.15, 0.2) is 0 Å². The first-order valence-electron chi connectivity index (χ1n) is 9.77. The van der Waals surface area contributed by atoms with Crippen molar-refractivity contribution in [2.75, 3.05) is 31.5 Å². The molecule has 3 rings (SSSR count). The van der Waals surface area contributed by atoms with Crippen molar-refractivity contribution in [3.05, 3.63) is 35.4 Å². The highest BCUT2D eigenvalue weighted by Gasteiger charge is 2.21. The van der Waals surface area contributed by atoms with Gasteiger partial charge in [0, 0.05) is 18.7 Å². The number of rotatable bonds is 8. The van der Waals surface area contributed by atoms with Gasteiger partial charge in [-0.25, -0.2) is 13.1 Å². The van der Waals surface area contributed by atoms with Crippen LogP contribution >= 0.6 is 11.3 Å². The lowest BCUT2D eigenvalue weighted by Crippen LogP contribution is -2.36. The fourth-order valence-corrected chi connectivity index (χ4v) is 5.43. The predicted molar refractivity (Wildman–Crippen MR) is 114 cm³/mol. The van der Waals surface area contributed by atoms with Crippen LogP contribution in [0.4, 0.5) is 5.13 Å². The van der Waals surface area contributed by atoms with Crippen molar-refractivity contribution < 1.29 is 13.2 Å². The van der Waals surface area contributed by atoms with Crippen molar-refractivity contribution in [3.63, 3.8) is 0 Å². The third kappa shape index (κ3) is 6.05. The van der Waals surface area contributed by atoms with Crippen LogP contribution in [0.15, 0.2) is 28.6 Å². The highest BCUT2D eigenvalue weighted by atomic mass is 32.2. The number of benzene rings is 1. The molecule has 8 nitrogen and oxygen atoms in total. The molecule has 2 heterocycles. The summed E-state index contributed by atoms with van der Waals surface area (Å²) in [6.07, 6.45) is 3.21. The van der Waals surface area contributed by atoms with Crippen molar-refractivity contribution >= 4 is 32.4 Å². The van der Waals surface area contributed by atoms with E-state index in [0.29, 0.717) is 18.0 Å². The molecule has 1 aromatic carbocycles. The van der Waals surface area contributed by atoms with E-state index in [1.807, 2.05) is 19.1 Å². The molecule has 0 saturated carbocycles. The van der Waals surface area contributed by atoms with Gasteiger partial charge in [-0.3, -0.25) is 10.1 Å². The fourth-order valence-electron chi connectivity index (χ4n) is 3.42. The number of piperidine rings is 1. The summed E-state index contributed by atoms with van der Waals surface area (Å²) >= 11 is 0.840. The summed E-state index contributed by atoms with van der Waals surface area (Å²) in [5.74, 6) is 0.363. The maximum atomic E-state index is 12.4. The highest BCUT2D eigenvalue weighted by Crippen LogP contribution is 2.21. The van der Waals surface area contributed by atoms with Crippen molar-refractivity contribution in [3.8, 4) is 0 Å². The first-order chi connectivity index (χ1) is 13.8. The molecule has 1 amide bonds. The number of carbonyl (C=O) groups excluding carboxylic acids is 1. The Balaban J connectivity index is 1.50. The minimum absolute atomic E-state index is 0.149. The minimum atomic E-state index is -3.74. The van der Waals surface area contributed by atoms with Crippen molar-refractivity contribution in [1.29, 1.82) is 0 Å². The second-order valence-corrected chi connectivity index (χ2v) is 10.4. The fraction of sp³-hybridized carbons (Fsp3) is 0.526. The number of amides is 1. The molecule has 1 aromatic heterocycles. The predicted octanol–water partition coefficient (Wildman–Crippen LogP) is 2.50. The molecule has 0 unspecified atom stereocenters. The summed E-state index contributed by atoms with van der Waals surface area (Å²) in [4.78, 5) is 14.7. The van der Waals surface area contributed by atoms with Crippen LogP contribution in [0.5, 0.6) is 0 Å². The molecule has 0 spiro atoms. The van der Waals surface area contributed by atoms with Crippen LogP contribution < -0.4 is 10.0 Å². The molecular formula is C19H27N5O3S2. The molecule has 0 aliphatic carbocycles. The first-order valence-corrected chi connectivity index (χ1v) is 12.1. The summed E-state index contributed by atoms with van der Waals surface area (Å²) in [7, 11) is -3.74. The molecule has 1 fully saturated rings. The number of carbonyl (C=O) groups is 1. The first kappa shape index (κ1) is 21.8. The minimum Gasteiger partial charge on any atom is -0.303 e. The number of nitrogens with one attached hydrogen (secondary N) is 2. The Bertz CT molecular complexity index is 945. The van der Waals surface area contributed by atoms with Gasteiger partial charge in [0.1, 0.15) is 0 Å². The summed E-state index contributed by atoms with van der Waals surface area (Å²) in [6, 6.07) is 7.15. The van der Waals surface area contributed by atoms with Crippen LogP contribution in [-0.2, 0) is 10.0 Å². The van der Waals surface area contributed by atoms with Gasteiger partial charge < -0.3 is 4.90 Å². The van der Waals surface area contributed by atoms with Gasteiger partial charge in [0.05, 0.1) is 0 Å². The van der Waals surface area contributed by atoms with Gasteiger partial charge in [0.25, 0.3) is 15.9 Å². The molecule has 1 aliphatic rings. The standard InChI is InChI=1S/C19H27N5O3S2/c1-14-7-5-11-24(13-14)12-6-10-20-29(26,27)19-23-22-18(28-19)21-17(25)16-9-4-3-8-15(16)2/h3-4,8-9,14,20H,5-7,10-13H2,1-2H3,(H,21,22,25)/t14-/m0/s1. The molecule has 1 atom stereocenters. The number of aryl methyl sites for hydroxylation is 1. The topological polar surface area (TPSA) is 104 Å². The zero-order chi connectivity index (χ0) is 20.9. The Morgan fingerprint density at radius 1 is 1.31 bits per heavy atom. The molecule has 2 aromatic rings. The van der Waals surface area contributed by atoms with Crippen LogP contribution in [0.25, 0.3) is 0 Å². The zero-order valence-corrected chi connectivity index (χ0v) is 18.4. The smallest absolute Gasteiger partial charge is 0.269 e. The maximum Gasteiger partial charge on any atom is 0.269 e. The largest absolute Gasteiger partial charge is 0.303 e. The van der Waals surface area contributed by atoms with Crippen LogP contribution in [-0.4, -0.2) is 55.6 Å². The average molecular weight is 438 g/mol. The number of nitrogens with zero attached hydrogens (tertiary/aromatic N) is 3. The van der Waals surface area contributed by atoms with Crippen LogP contribution in [0.3, 0.4) is 0 Å². The van der Waals surface area contributed by atoms with E-state index in [-0.39, 0.29) is 15.4 Å². The number of hydrogen-bond acceptors (Lipinski definition) is 7. The molecule has 29 heavy (non-hydrogen) atoms. The van der Waals surface area contributed by atoms with Crippen molar-refractivity contribution in [2.24, 2.45) is 5.92 Å². The monoisotopic (exact) mass is 437 g/mol. The third-order valence-electron chi connectivity index (χ3n) is 4.93. The van der Waals surface area contributed by atoms with E-state index < -0.39 is 10.0 Å². The lowest BCUT2D eigenvalue weighted by molar-refractivity contribution is 0.102. The van der Waals surface area contributed by atoms with Crippen LogP contribution in [0, 0.1) is 12.8 Å². The van der Waals surface area contributed by atoms with E-state index in [1.54, 1.807) is 12.1 Å². The average Bonchev–Trinajstić information content (AvgIpc) is 3.15. The van der Waals surface area contributed by atoms with Gasteiger partial charge in [-0.1, -0.05) is 36.5 Å². The second-order valence-electron chi connectivity index (χ2n) is 7.44. The van der Waals surface area contributed by atoms with Gasteiger partial charge in [-0.2, -0.15) is 0 Å². The van der Waals surface area contributed by atoms with Crippen LogP contribution in [0.2, 0.25) is 0 Å². The van der Waals surface area contributed by atoms with E-state index in [2.05, 4.69) is 32.1 Å². The Morgan fingerprint density at radius 3 is 2.86 bits per heavy atom. The Kier molecular flexibility index (Phi) is 7.33. The number of anilines is 1. The van der Waals surface area contributed by atoms with Gasteiger partial charge >= 0.3 is 0 Å². The van der Waals surface area contributed by atoms with Crippen LogP contribution in [0.1, 0.15) is 42.1 Å². The van der Waals surface area contributed by atoms with E-state index in [1.165, 1.54) is 12.8 Å². The summed E-state index contributed by atoms with van der Waals surface area (Å²) in [6.45, 7) is 7.46. The van der Waals surface area contributed by atoms with Crippen molar-refractivity contribution in [1.82, 2.24) is 19.8 Å². The van der Waals surface area contributed by atoms with E-state index >= 15 is 0 Å². The highest BCUT2D eigenvalue weighted by molar-refractivity contribution is 7.91. The molecular weight excluding hydrogens is 410 g/mol. The summed E-state index contributed by atoms with van der Waals surface area (Å²) in [5, 5.41) is 10.3. The van der Waals surface area contributed by atoms with Gasteiger partial charge in [0.2, 0.25) is 9.47 Å². The van der Waals surface area contributed by atoms with E-state index in [4.69, 9.17) is 0 Å². The number of hydrogen-bond donors (Lipinski definition) is 2. The SMILES string of the molecule is Cc1ccccc1C(=O)Nc1nnc(S(=O)(=O)NCCCN2CCC[C@H](C)C2)s1. The maximum absolute atomic E-state index is 12.4. The molecule has 158 valence electrons. The quantitative estimate of drug-likeness (QED) is 0.486. The molecule has 1 saturated heterocycles.